The Bertz CT molecular complexity index is 395. The van der Waals surface area contributed by atoms with Crippen LogP contribution in [0.1, 0.15) is 65.7 Å². The maximum absolute atomic E-state index is 12.6. The van der Waals surface area contributed by atoms with E-state index in [2.05, 4.69) is 0 Å². The highest BCUT2D eigenvalue weighted by Crippen LogP contribution is 2.38. The van der Waals surface area contributed by atoms with Crippen LogP contribution in [0.25, 0.3) is 0 Å². The molecule has 1 fully saturated rings. The molecular formula is C16H24O2. The summed E-state index contributed by atoms with van der Waals surface area (Å²) in [4.78, 5) is 25.0. The molecule has 0 spiro atoms. The summed E-state index contributed by atoms with van der Waals surface area (Å²) in [5.74, 6) is 0.341. The minimum absolute atomic E-state index is 0.0850. The van der Waals surface area contributed by atoms with Crippen molar-refractivity contribution in [1.29, 1.82) is 0 Å². The predicted octanol–water partition coefficient (Wildman–Crippen LogP) is 3.84. The van der Waals surface area contributed by atoms with Crippen molar-refractivity contribution in [2.75, 3.05) is 0 Å². The Balaban J connectivity index is 2.24. The maximum Gasteiger partial charge on any atom is 0.171 e. The van der Waals surface area contributed by atoms with E-state index < -0.39 is 0 Å². The Labute approximate surface area is 110 Å². The van der Waals surface area contributed by atoms with Crippen LogP contribution in [-0.4, -0.2) is 11.6 Å². The Hall–Kier alpha value is -0.920. The van der Waals surface area contributed by atoms with Crippen LogP contribution in [-0.2, 0) is 9.59 Å². The maximum atomic E-state index is 12.6. The van der Waals surface area contributed by atoms with E-state index in [1.54, 1.807) is 0 Å². The van der Waals surface area contributed by atoms with Gasteiger partial charge in [-0.05, 0) is 32.6 Å². The van der Waals surface area contributed by atoms with Gasteiger partial charge in [0.05, 0.1) is 5.57 Å². The van der Waals surface area contributed by atoms with Crippen LogP contribution in [0.15, 0.2) is 11.1 Å². The van der Waals surface area contributed by atoms with Gasteiger partial charge < -0.3 is 0 Å². The van der Waals surface area contributed by atoms with Crippen LogP contribution in [0.2, 0.25) is 0 Å². The standard InChI is InChI=1S/C16H24O2/c1-11-9-10-16(2,3)15(18)13(11)14(17)12-7-5-4-6-8-12/h12H,4-10H2,1-3H3. The SMILES string of the molecule is CC1=C(C(=O)C2CCCCC2)C(=O)C(C)(C)CC1. The number of Topliss-reactive ketones (excluding diaryl/α,β-unsaturated/α-hetero) is 2. The minimum Gasteiger partial charge on any atom is -0.294 e. The normalized spacial score (nSPS) is 25.4. The van der Waals surface area contributed by atoms with E-state index >= 15 is 0 Å². The number of hydrogen-bond donors (Lipinski definition) is 0. The van der Waals surface area contributed by atoms with Crippen LogP contribution in [0, 0.1) is 11.3 Å². The Morgan fingerprint density at radius 2 is 1.78 bits per heavy atom. The van der Waals surface area contributed by atoms with Crippen LogP contribution >= 0.6 is 0 Å². The third-order valence-corrected chi connectivity index (χ3v) is 4.62. The molecule has 0 amide bonds. The van der Waals surface area contributed by atoms with E-state index in [4.69, 9.17) is 0 Å². The van der Waals surface area contributed by atoms with E-state index in [-0.39, 0.29) is 22.9 Å². The summed E-state index contributed by atoms with van der Waals surface area (Å²) in [6, 6.07) is 0. The predicted molar refractivity (Wildman–Crippen MR) is 72.3 cm³/mol. The molecule has 0 aromatic heterocycles. The first-order valence-electron chi connectivity index (χ1n) is 7.22. The van der Waals surface area contributed by atoms with Crippen LogP contribution in [0.3, 0.4) is 0 Å². The van der Waals surface area contributed by atoms with Gasteiger partial charge in [0, 0.05) is 11.3 Å². The van der Waals surface area contributed by atoms with Gasteiger partial charge in [0.2, 0.25) is 0 Å². The van der Waals surface area contributed by atoms with Crippen molar-refractivity contribution in [1.82, 2.24) is 0 Å². The van der Waals surface area contributed by atoms with Gasteiger partial charge in [0.1, 0.15) is 0 Å². The zero-order valence-corrected chi connectivity index (χ0v) is 11.8. The molecule has 0 N–H and O–H groups in total. The lowest BCUT2D eigenvalue weighted by molar-refractivity contribution is -0.129. The fourth-order valence-electron chi connectivity index (χ4n) is 3.16. The summed E-state index contributed by atoms with van der Waals surface area (Å²) in [5, 5.41) is 0. The first-order valence-corrected chi connectivity index (χ1v) is 7.22. The monoisotopic (exact) mass is 248 g/mol. The number of rotatable bonds is 2. The molecule has 100 valence electrons. The molecule has 2 aliphatic rings. The van der Waals surface area contributed by atoms with Crippen LogP contribution in [0.4, 0.5) is 0 Å². The Kier molecular flexibility index (Phi) is 3.74. The zero-order chi connectivity index (χ0) is 13.3. The van der Waals surface area contributed by atoms with Gasteiger partial charge in [0.25, 0.3) is 0 Å². The third-order valence-electron chi connectivity index (χ3n) is 4.62. The van der Waals surface area contributed by atoms with Crippen molar-refractivity contribution in [3.63, 3.8) is 0 Å². The first-order chi connectivity index (χ1) is 8.43. The fraction of sp³-hybridized carbons (Fsp3) is 0.750. The first kappa shape index (κ1) is 13.5. The smallest absolute Gasteiger partial charge is 0.171 e. The highest BCUT2D eigenvalue weighted by molar-refractivity contribution is 6.23. The molecule has 2 aliphatic carbocycles. The molecular weight excluding hydrogens is 224 g/mol. The molecule has 2 heteroatoms. The third kappa shape index (κ3) is 2.43. The lowest BCUT2D eigenvalue weighted by atomic mass is 9.70. The van der Waals surface area contributed by atoms with Gasteiger partial charge in [-0.15, -0.1) is 0 Å². The second-order valence-electron chi connectivity index (χ2n) is 6.57. The summed E-state index contributed by atoms with van der Waals surface area (Å²) in [7, 11) is 0. The largest absolute Gasteiger partial charge is 0.294 e. The average molecular weight is 248 g/mol. The summed E-state index contributed by atoms with van der Waals surface area (Å²) in [5.41, 5.74) is 1.23. The lowest BCUT2D eigenvalue weighted by Crippen LogP contribution is -2.36. The molecule has 2 rings (SSSR count). The van der Waals surface area contributed by atoms with E-state index in [9.17, 15) is 9.59 Å². The molecule has 0 aromatic carbocycles. The van der Waals surface area contributed by atoms with Crippen molar-refractivity contribution >= 4 is 11.6 Å². The highest BCUT2D eigenvalue weighted by Gasteiger charge is 2.39. The molecule has 2 nitrogen and oxygen atoms in total. The minimum atomic E-state index is -0.348. The van der Waals surface area contributed by atoms with Crippen molar-refractivity contribution in [2.45, 2.75) is 65.7 Å². The van der Waals surface area contributed by atoms with Crippen LogP contribution < -0.4 is 0 Å². The Morgan fingerprint density at radius 3 is 2.39 bits per heavy atom. The molecule has 0 radical (unpaired) electrons. The van der Waals surface area contributed by atoms with E-state index in [0.29, 0.717) is 5.57 Å². The summed E-state index contributed by atoms with van der Waals surface area (Å²) < 4.78 is 0. The van der Waals surface area contributed by atoms with Gasteiger partial charge in [0.15, 0.2) is 11.6 Å². The average Bonchev–Trinajstić information content (AvgIpc) is 2.36. The summed E-state index contributed by atoms with van der Waals surface area (Å²) in [6.45, 7) is 5.90. The molecule has 0 heterocycles. The lowest BCUT2D eigenvalue weighted by Gasteiger charge is -2.32. The van der Waals surface area contributed by atoms with Gasteiger partial charge in [-0.25, -0.2) is 0 Å². The van der Waals surface area contributed by atoms with E-state index in [1.165, 1.54) is 6.42 Å². The highest BCUT2D eigenvalue weighted by atomic mass is 16.2. The molecule has 1 saturated carbocycles. The van der Waals surface area contributed by atoms with E-state index in [1.807, 2.05) is 20.8 Å². The van der Waals surface area contributed by atoms with Crippen molar-refractivity contribution < 1.29 is 9.59 Å². The summed E-state index contributed by atoms with van der Waals surface area (Å²) >= 11 is 0. The molecule has 0 saturated heterocycles. The quantitative estimate of drug-likeness (QED) is 0.696. The van der Waals surface area contributed by atoms with Gasteiger partial charge in [-0.1, -0.05) is 38.7 Å². The molecule has 18 heavy (non-hydrogen) atoms. The summed E-state index contributed by atoms with van der Waals surface area (Å²) in [6.07, 6.45) is 7.24. The van der Waals surface area contributed by atoms with Crippen molar-refractivity contribution in [3.05, 3.63) is 11.1 Å². The molecule has 0 unspecified atom stereocenters. The fourth-order valence-corrected chi connectivity index (χ4v) is 3.16. The number of carbonyl (C=O) groups is 2. The van der Waals surface area contributed by atoms with Gasteiger partial charge >= 0.3 is 0 Å². The van der Waals surface area contributed by atoms with Gasteiger partial charge in [-0.3, -0.25) is 9.59 Å². The molecule has 0 aromatic rings. The zero-order valence-electron chi connectivity index (χ0n) is 11.8. The number of carbonyl (C=O) groups excluding carboxylic acids is 2. The number of allylic oxidation sites excluding steroid dienone is 2. The van der Waals surface area contributed by atoms with E-state index in [0.717, 1.165) is 44.1 Å². The topological polar surface area (TPSA) is 34.1 Å². The molecule has 0 aliphatic heterocycles. The second kappa shape index (κ2) is 4.99. The second-order valence-corrected chi connectivity index (χ2v) is 6.57. The van der Waals surface area contributed by atoms with Crippen LogP contribution in [0.5, 0.6) is 0 Å². The van der Waals surface area contributed by atoms with Crippen molar-refractivity contribution in [2.24, 2.45) is 11.3 Å². The van der Waals surface area contributed by atoms with Crippen molar-refractivity contribution in [3.8, 4) is 0 Å². The molecule has 0 bridgehead atoms. The van der Waals surface area contributed by atoms with Gasteiger partial charge in [-0.2, -0.15) is 0 Å². The molecule has 0 atom stereocenters. The number of ketones is 2. The Morgan fingerprint density at radius 1 is 1.17 bits per heavy atom. The number of hydrogen-bond acceptors (Lipinski definition) is 2.